The first kappa shape index (κ1) is 17.9. The molecule has 0 radical (unpaired) electrons. The number of nitrogens with one attached hydrogen (secondary N) is 1. The molecule has 0 aromatic heterocycles. The van der Waals surface area contributed by atoms with E-state index in [1.165, 1.54) is 18.2 Å². The Balaban J connectivity index is 2.18. The van der Waals surface area contributed by atoms with Gasteiger partial charge in [0.15, 0.2) is 0 Å². The van der Waals surface area contributed by atoms with Gasteiger partial charge in [-0.15, -0.1) is 0 Å². The summed E-state index contributed by atoms with van der Waals surface area (Å²) in [4.78, 5) is 22.5. The second kappa shape index (κ2) is 7.42. The summed E-state index contributed by atoms with van der Waals surface area (Å²) >= 11 is 11.8. The largest absolute Gasteiger partial charge is 0.273 e. The Morgan fingerprint density at radius 1 is 1.12 bits per heavy atom. The van der Waals surface area contributed by atoms with Crippen molar-refractivity contribution in [2.75, 3.05) is 0 Å². The van der Waals surface area contributed by atoms with Gasteiger partial charge in [-0.2, -0.15) is 5.10 Å². The molecule has 2 aromatic carbocycles. The fraction of sp³-hybridized carbons (Fsp3) is 0.125. The van der Waals surface area contributed by atoms with E-state index in [2.05, 4.69) is 10.5 Å². The van der Waals surface area contributed by atoms with Gasteiger partial charge in [-0.05, 0) is 37.6 Å². The lowest BCUT2D eigenvalue weighted by atomic mass is 10.1. The maximum atomic E-state index is 12.1. The number of rotatable bonds is 4. The number of benzene rings is 2. The number of carbonyl (C=O) groups is 1. The molecule has 0 fully saturated rings. The lowest BCUT2D eigenvalue weighted by Gasteiger charge is -2.05. The molecule has 0 saturated heterocycles. The molecule has 1 N–H and O–H groups in total. The minimum absolute atomic E-state index is 0.118. The molecule has 0 bridgehead atoms. The van der Waals surface area contributed by atoms with Crippen molar-refractivity contribution in [3.05, 3.63) is 73.2 Å². The van der Waals surface area contributed by atoms with Crippen LogP contribution >= 0.6 is 23.2 Å². The normalized spacial score (nSPS) is 11.2. The third-order valence-electron chi connectivity index (χ3n) is 3.33. The minimum Gasteiger partial charge on any atom is -0.267 e. The number of hydrogen-bond donors (Lipinski definition) is 1. The quantitative estimate of drug-likeness (QED) is 0.496. The van der Waals surface area contributed by atoms with Crippen LogP contribution in [0.3, 0.4) is 0 Å². The Morgan fingerprint density at radius 2 is 1.79 bits per heavy atom. The second-order valence-electron chi connectivity index (χ2n) is 5.03. The molecule has 124 valence electrons. The number of hydrogen-bond acceptors (Lipinski definition) is 4. The van der Waals surface area contributed by atoms with Crippen LogP contribution in [-0.2, 0) is 0 Å². The molecule has 24 heavy (non-hydrogen) atoms. The number of nitrogens with zero attached hydrogens (tertiary/aromatic N) is 2. The lowest BCUT2D eigenvalue weighted by molar-refractivity contribution is -0.385. The van der Waals surface area contributed by atoms with Crippen LogP contribution < -0.4 is 5.43 Å². The first-order chi connectivity index (χ1) is 11.3. The maximum Gasteiger partial charge on any atom is 0.273 e. The molecule has 1 amide bonds. The third-order valence-corrected chi connectivity index (χ3v) is 4.07. The summed E-state index contributed by atoms with van der Waals surface area (Å²) in [6.07, 6.45) is 0. The summed E-state index contributed by atoms with van der Waals surface area (Å²) in [5.41, 5.74) is 4.09. The van der Waals surface area contributed by atoms with E-state index in [4.69, 9.17) is 23.2 Å². The van der Waals surface area contributed by atoms with Crippen molar-refractivity contribution >= 4 is 40.5 Å². The molecule has 0 heterocycles. The summed E-state index contributed by atoms with van der Waals surface area (Å²) in [7, 11) is 0. The van der Waals surface area contributed by atoms with Crippen LogP contribution in [-0.4, -0.2) is 16.5 Å². The Morgan fingerprint density at radius 3 is 2.42 bits per heavy atom. The van der Waals surface area contributed by atoms with Crippen molar-refractivity contribution in [3.63, 3.8) is 0 Å². The molecule has 8 heteroatoms. The van der Waals surface area contributed by atoms with Crippen molar-refractivity contribution in [1.82, 2.24) is 5.43 Å². The first-order valence-corrected chi connectivity index (χ1v) is 7.60. The van der Waals surface area contributed by atoms with E-state index in [9.17, 15) is 14.9 Å². The highest BCUT2D eigenvalue weighted by Crippen LogP contribution is 2.23. The number of amides is 1. The van der Waals surface area contributed by atoms with Crippen LogP contribution in [0.25, 0.3) is 0 Å². The van der Waals surface area contributed by atoms with Gasteiger partial charge in [0.25, 0.3) is 11.6 Å². The standard InChI is InChI=1S/C16H13Cl2N3O3/c1-9-3-4-12(8-15(9)21(23)24)16(22)20-19-10(2)11-5-6-13(17)14(18)7-11/h3-8H,1-2H3,(H,20,22). The van der Waals surface area contributed by atoms with Gasteiger partial charge in [-0.25, -0.2) is 5.43 Å². The summed E-state index contributed by atoms with van der Waals surface area (Å²) < 4.78 is 0. The van der Waals surface area contributed by atoms with Crippen molar-refractivity contribution < 1.29 is 9.72 Å². The van der Waals surface area contributed by atoms with Gasteiger partial charge >= 0.3 is 0 Å². The first-order valence-electron chi connectivity index (χ1n) is 6.84. The van der Waals surface area contributed by atoms with E-state index in [0.717, 1.165) is 0 Å². The molecule has 6 nitrogen and oxygen atoms in total. The number of aryl methyl sites for hydroxylation is 1. The Bertz CT molecular complexity index is 850. The van der Waals surface area contributed by atoms with Crippen LogP contribution in [0, 0.1) is 17.0 Å². The van der Waals surface area contributed by atoms with Crippen LogP contribution in [0.2, 0.25) is 10.0 Å². The Hall–Kier alpha value is -2.44. The van der Waals surface area contributed by atoms with Gasteiger partial charge in [0.1, 0.15) is 0 Å². The molecule has 0 spiro atoms. The molecule has 0 unspecified atom stereocenters. The third kappa shape index (κ3) is 4.10. The number of nitro benzene ring substituents is 1. The van der Waals surface area contributed by atoms with E-state index >= 15 is 0 Å². The van der Waals surface area contributed by atoms with Crippen LogP contribution in [0.1, 0.15) is 28.4 Å². The molecular formula is C16H13Cl2N3O3. The Labute approximate surface area is 148 Å². The van der Waals surface area contributed by atoms with Crippen LogP contribution in [0.5, 0.6) is 0 Å². The van der Waals surface area contributed by atoms with Gasteiger partial charge < -0.3 is 0 Å². The lowest BCUT2D eigenvalue weighted by Crippen LogP contribution is -2.19. The molecule has 0 aliphatic heterocycles. The number of hydrazone groups is 1. The predicted molar refractivity (Wildman–Crippen MR) is 94.0 cm³/mol. The number of carbonyl (C=O) groups excluding carboxylic acids is 1. The summed E-state index contributed by atoms with van der Waals surface area (Å²) in [5.74, 6) is -0.544. The fourth-order valence-corrected chi connectivity index (χ4v) is 2.23. The zero-order valence-corrected chi connectivity index (χ0v) is 14.4. The highest BCUT2D eigenvalue weighted by atomic mass is 35.5. The van der Waals surface area contributed by atoms with Crippen molar-refractivity contribution in [1.29, 1.82) is 0 Å². The van der Waals surface area contributed by atoms with Gasteiger partial charge in [0.2, 0.25) is 0 Å². The highest BCUT2D eigenvalue weighted by molar-refractivity contribution is 6.42. The molecule has 2 aromatic rings. The van der Waals surface area contributed by atoms with Crippen molar-refractivity contribution in [2.24, 2.45) is 5.10 Å². The van der Waals surface area contributed by atoms with Gasteiger partial charge in [0.05, 0.1) is 20.7 Å². The van der Waals surface area contributed by atoms with Crippen LogP contribution in [0.4, 0.5) is 5.69 Å². The molecule has 0 saturated carbocycles. The topological polar surface area (TPSA) is 84.6 Å². The highest BCUT2D eigenvalue weighted by Gasteiger charge is 2.14. The van der Waals surface area contributed by atoms with E-state index in [-0.39, 0.29) is 11.3 Å². The second-order valence-corrected chi connectivity index (χ2v) is 5.84. The Kier molecular flexibility index (Phi) is 5.54. The SMILES string of the molecule is CC(=NNC(=O)c1ccc(C)c([N+](=O)[O-])c1)c1ccc(Cl)c(Cl)c1. The predicted octanol–water partition coefficient (Wildman–Crippen LogP) is 4.36. The monoisotopic (exact) mass is 365 g/mol. The molecular weight excluding hydrogens is 353 g/mol. The van der Waals surface area contributed by atoms with Crippen LogP contribution in [0.15, 0.2) is 41.5 Å². The van der Waals surface area contributed by atoms with Crippen molar-refractivity contribution in [2.45, 2.75) is 13.8 Å². The van der Waals surface area contributed by atoms with Gasteiger partial charge in [-0.3, -0.25) is 14.9 Å². The number of nitro groups is 1. The molecule has 0 aliphatic carbocycles. The average Bonchev–Trinajstić information content (AvgIpc) is 2.55. The zero-order valence-electron chi connectivity index (χ0n) is 12.8. The van der Waals surface area contributed by atoms with E-state index in [1.54, 1.807) is 32.0 Å². The fourth-order valence-electron chi connectivity index (χ4n) is 1.93. The average molecular weight is 366 g/mol. The minimum atomic E-state index is -0.544. The zero-order chi connectivity index (χ0) is 17.9. The summed E-state index contributed by atoms with van der Waals surface area (Å²) in [6, 6.07) is 9.21. The van der Waals surface area contributed by atoms with E-state index in [0.29, 0.717) is 26.9 Å². The van der Waals surface area contributed by atoms with Gasteiger partial charge in [-0.1, -0.05) is 35.3 Å². The summed E-state index contributed by atoms with van der Waals surface area (Å²) in [5, 5.41) is 15.7. The molecule has 0 aliphatic rings. The summed E-state index contributed by atoms with van der Waals surface area (Å²) in [6.45, 7) is 3.30. The smallest absolute Gasteiger partial charge is 0.267 e. The van der Waals surface area contributed by atoms with E-state index < -0.39 is 10.8 Å². The van der Waals surface area contributed by atoms with Crippen molar-refractivity contribution in [3.8, 4) is 0 Å². The molecule has 0 atom stereocenters. The number of halogens is 2. The molecule has 2 rings (SSSR count). The van der Waals surface area contributed by atoms with E-state index in [1.807, 2.05) is 0 Å². The van der Waals surface area contributed by atoms with Gasteiger partial charge in [0, 0.05) is 17.2 Å². The maximum absolute atomic E-state index is 12.1.